The highest BCUT2D eigenvalue weighted by Crippen LogP contribution is 2.32. The van der Waals surface area contributed by atoms with Crippen LogP contribution in [0.5, 0.6) is 11.5 Å². The molecule has 8 aromatic rings. The molecule has 0 aliphatic rings. The molecule has 0 aliphatic carbocycles. The Morgan fingerprint density at radius 2 is 1.03 bits per heavy atom. The number of halogens is 5. The van der Waals surface area contributed by atoms with E-state index in [1.54, 1.807) is 84.9 Å². The normalized spacial score (nSPS) is 11.2. The Kier molecular flexibility index (Phi) is 18.9. The second-order valence-electron chi connectivity index (χ2n) is 12.0. The van der Waals surface area contributed by atoms with Crippen molar-refractivity contribution in [1.29, 1.82) is 0 Å². The van der Waals surface area contributed by atoms with Crippen molar-refractivity contribution in [2.45, 2.75) is 33.2 Å². The van der Waals surface area contributed by atoms with Crippen molar-refractivity contribution in [2.75, 3.05) is 7.11 Å². The first-order valence-electron chi connectivity index (χ1n) is 17.0. The quantitative estimate of drug-likeness (QED) is 0.111. The Labute approximate surface area is 388 Å². The van der Waals surface area contributed by atoms with Crippen LogP contribution in [0.25, 0.3) is 33.4 Å². The van der Waals surface area contributed by atoms with E-state index >= 15 is 0 Å². The van der Waals surface area contributed by atoms with Crippen molar-refractivity contribution < 1.29 is 29.3 Å². The fourth-order valence-corrected chi connectivity index (χ4v) is 6.68. The summed E-state index contributed by atoms with van der Waals surface area (Å²) in [5.74, 6) is -0.948. The standard InChI is InChI=1S/C20H13BrClN3O3.C12H8BrN3O.C9H8BrClO2.3CH4/c21-13-7-10-18(28-19(20(26)27)12-5-8-14(22)9-6-12)17(11-13)25-23-15-3-1-2-4-16(15)24-25;13-8-5-6-12(17)11(7-8)16-14-9-3-1-2-4-10(9)15-16;1-13-9(12)8(10)6-2-4-7(11)5-3-6;;;/h1-11,19H,(H,26,27);1-7,17H;2-5,8H,1H3;3*1H4. The van der Waals surface area contributed by atoms with Crippen molar-refractivity contribution in [3.63, 3.8) is 0 Å². The van der Waals surface area contributed by atoms with Gasteiger partial charge in [-0.05, 0) is 90.5 Å². The summed E-state index contributed by atoms with van der Waals surface area (Å²) in [6.45, 7) is 0. The van der Waals surface area contributed by atoms with E-state index in [-0.39, 0.29) is 34.0 Å². The molecule has 61 heavy (non-hydrogen) atoms. The molecule has 2 aromatic heterocycles. The molecule has 0 saturated heterocycles. The van der Waals surface area contributed by atoms with E-state index in [0.717, 1.165) is 36.6 Å². The van der Waals surface area contributed by atoms with Crippen molar-refractivity contribution in [2.24, 2.45) is 0 Å². The van der Waals surface area contributed by atoms with Gasteiger partial charge < -0.3 is 19.7 Å². The van der Waals surface area contributed by atoms with Crippen LogP contribution >= 0.6 is 71.0 Å². The Hall–Kier alpha value is -5.32. The Bertz CT molecular complexity index is 2630. The number of carboxylic acids is 1. The number of aliphatic carboxylic acids is 1. The van der Waals surface area contributed by atoms with Gasteiger partial charge in [0.2, 0.25) is 6.10 Å². The third kappa shape index (κ3) is 12.8. The van der Waals surface area contributed by atoms with Crippen LogP contribution in [0, 0.1) is 0 Å². The first kappa shape index (κ1) is 50.0. The molecule has 318 valence electrons. The highest BCUT2D eigenvalue weighted by molar-refractivity contribution is 9.10. The molecule has 0 spiro atoms. The van der Waals surface area contributed by atoms with Gasteiger partial charge in [-0.1, -0.05) is 142 Å². The molecule has 0 saturated carbocycles. The number of carboxylic acid groups (broad SMARTS) is 1. The van der Waals surface area contributed by atoms with Crippen LogP contribution in [-0.2, 0) is 14.3 Å². The predicted octanol–water partition coefficient (Wildman–Crippen LogP) is 12.8. The zero-order chi connectivity index (χ0) is 41.3. The molecule has 0 amide bonds. The summed E-state index contributed by atoms with van der Waals surface area (Å²) in [5.41, 5.74) is 5.42. The number of carbonyl (C=O) groups is 2. The van der Waals surface area contributed by atoms with E-state index in [9.17, 15) is 19.8 Å². The number of alkyl halides is 1. The number of methoxy groups -OCH3 is 1. The lowest BCUT2D eigenvalue weighted by Gasteiger charge is -2.18. The molecule has 17 heteroatoms. The number of hydrogen-bond acceptors (Lipinski definition) is 9. The number of ether oxygens (including phenoxy) is 2. The van der Waals surface area contributed by atoms with Crippen LogP contribution in [0.3, 0.4) is 0 Å². The lowest BCUT2D eigenvalue weighted by atomic mass is 10.1. The zero-order valence-electron chi connectivity index (χ0n) is 30.0. The Balaban J connectivity index is 0.000000259. The van der Waals surface area contributed by atoms with Crippen LogP contribution < -0.4 is 4.74 Å². The smallest absolute Gasteiger partial charge is 0.349 e. The van der Waals surface area contributed by atoms with Gasteiger partial charge in [0.25, 0.3) is 0 Å². The number of phenols is 1. The van der Waals surface area contributed by atoms with Crippen molar-refractivity contribution in [3.8, 4) is 22.9 Å². The second kappa shape index (κ2) is 23.0. The number of fused-ring (bicyclic) bond motifs is 2. The molecule has 0 radical (unpaired) electrons. The van der Waals surface area contributed by atoms with Crippen molar-refractivity contribution >= 4 is 105 Å². The highest BCUT2D eigenvalue weighted by Gasteiger charge is 2.24. The monoisotopic (exact) mass is 1060 g/mol. The maximum Gasteiger partial charge on any atom is 0.349 e. The molecule has 0 bridgehead atoms. The van der Waals surface area contributed by atoms with Crippen LogP contribution in [-0.4, -0.2) is 59.2 Å². The third-order valence-electron chi connectivity index (χ3n) is 8.08. The van der Waals surface area contributed by atoms with Gasteiger partial charge in [0.15, 0.2) is 0 Å². The lowest BCUT2D eigenvalue weighted by Crippen LogP contribution is -2.19. The SMILES string of the molecule is C.C.C.COC(=O)C(Br)c1ccc(Cl)cc1.O=C(O)C(Oc1ccc(Br)cc1-n1nc2ccccc2n1)c1ccc(Cl)cc1.Oc1ccc(Br)cc1-n1nc2ccccc2n1. The second-order valence-corrected chi connectivity index (χ2v) is 15.6. The number of hydrogen-bond donors (Lipinski definition) is 2. The van der Waals surface area contributed by atoms with E-state index in [4.69, 9.17) is 27.9 Å². The van der Waals surface area contributed by atoms with Gasteiger partial charge in [0.05, 0.1) is 7.11 Å². The van der Waals surface area contributed by atoms with Gasteiger partial charge in [0.1, 0.15) is 49.8 Å². The summed E-state index contributed by atoms with van der Waals surface area (Å²) in [6, 6.07) is 38.9. The highest BCUT2D eigenvalue weighted by atomic mass is 79.9. The average molecular weight is 1060 g/mol. The first-order valence-corrected chi connectivity index (χ1v) is 20.2. The average Bonchev–Trinajstić information content (AvgIpc) is 3.87. The van der Waals surface area contributed by atoms with Crippen LogP contribution in [0.15, 0.2) is 142 Å². The van der Waals surface area contributed by atoms with E-state index in [1.807, 2.05) is 48.5 Å². The molecular weight excluding hydrogens is 1020 g/mol. The number of aromatic nitrogens is 6. The number of esters is 1. The van der Waals surface area contributed by atoms with Gasteiger partial charge in [-0.3, -0.25) is 4.79 Å². The minimum absolute atomic E-state index is 0. The van der Waals surface area contributed by atoms with E-state index < -0.39 is 16.9 Å². The summed E-state index contributed by atoms with van der Waals surface area (Å²) in [4.78, 5) is 25.4. The first-order chi connectivity index (χ1) is 27.9. The number of nitrogens with zero attached hydrogens (tertiary/aromatic N) is 6. The van der Waals surface area contributed by atoms with Crippen LogP contribution in [0.2, 0.25) is 10.0 Å². The fourth-order valence-electron chi connectivity index (χ4n) is 5.24. The Morgan fingerprint density at radius 3 is 1.48 bits per heavy atom. The van der Waals surface area contributed by atoms with Crippen LogP contribution in [0.4, 0.5) is 0 Å². The van der Waals surface area contributed by atoms with Gasteiger partial charge >= 0.3 is 11.9 Å². The molecule has 2 atom stereocenters. The van der Waals surface area contributed by atoms with Gasteiger partial charge in [-0.2, -0.15) is 0 Å². The lowest BCUT2D eigenvalue weighted by molar-refractivity contribution is -0.145. The predicted molar refractivity (Wildman–Crippen MR) is 253 cm³/mol. The van der Waals surface area contributed by atoms with Gasteiger partial charge in [-0.25, -0.2) is 4.79 Å². The molecule has 2 heterocycles. The number of carbonyl (C=O) groups excluding carboxylic acids is 1. The summed E-state index contributed by atoms with van der Waals surface area (Å²) in [5, 5.41) is 38.2. The summed E-state index contributed by atoms with van der Waals surface area (Å²) < 4.78 is 12.1. The molecule has 0 aliphatic heterocycles. The Morgan fingerprint density at radius 1 is 0.623 bits per heavy atom. The number of benzene rings is 6. The van der Waals surface area contributed by atoms with E-state index in [0.29, 0.717) is 32.7 Å². The minimum atomic E-state index is -1.21. The van der Waals surface area contributed by atoms with E-state index in [2.05, 4.69) is 72.9 Å². The number of phenolic OH excluding ortho intramolecular Hbond substituents is 1. The maximum atomic E-state index is 11.8. The molecule has 6 aromatic carbocycles. The van der Waals surface area contributed by atoms with Gasteiger partial charge in [-0.15, -0.1) is 30.0 Å². The van der Waals surface area contributed by atoms with Crippen molar-refractivity contribution in [3.05, 3.63) is 164 Å². The molecule has 8 rings (SSSR count). The summed E-state index contributed by atoms with van der Waals surface area (Å²) in [6.07, 6.45) is -1.21. The largest absolute Gasteiger partial charge is 0.506 e. The minimum Gasteiger partial charge on any atom is -0.506 e. The molecule has 2 N–H and O–H groups in total. The third-order valence-corrected chi connectivity index (χ3v) is 10.5. The topological polar surface area (TPSA) is 154 Å². The molecule has 2 unspecified atom stereocenters. The molecule has 12 nitrogen and oxygen atoms in total. The number of rotatable bonds is 8. The molecule has 0 fully saturated rings. The molecular formula is C44H41Br3Cl2N6O6. The maximum absolute atomic E-state index is 11.8. The number of aromatic hydroxyl groups is 1. The zero-order valence-corrected chi connectivity index (χ0v) is 36.2. The van der Waals surface area contributed by atoms with Crippen molar-refractivity contribution in [1.82, 2.24) is 30.0 Å². The summed E-state index contributed by atoms with van der Waals surface area (Å²) >= 11 is 21.6. The fraction of sp³-hybridized carbons (Fsp3) is 0.136. The van der Waals surface area contributed by atoms with E-state index in [1.165, 1.54) is 16.7 Å². The summed E-state index contributed by atoms with van der Waals surface area (Å²) in [7, 11) is 1.35. The van der Waals surface area contributed by atoms with Crippen LogP contribution in [0.1, 0.15) is 44.3 Å². The van der Waals surface area contributed by atoms with Gasteiger partial charge in [0, 0.05) is 24.6 Å².